The molecule has 0 aromatic carbocycles. The zero-order valence-corrected chi connectivity index (χ0v) is 15.4. The molecular weight excluding hydrogens is 367 g/mol. The van der Waals surface area contributed by atoms with Crippen molar-refractivity contribution in [3.63, 3.8) is 0 Å². The number of carbonyl (C=O) groups is 1. The van der Waals surface area contributed by atoms with Gasteiger partial charge in [-0.05, 0) is 26.7 Å². The fourth-order valence-corrected chi connectivity index (χ4v) is 2.36. The third-order valence-electron chi connectivity index (χ3n) is 3.71. The first-order valence-electron chi connectivity index (χ1n) is 7.19. The molecule has 0 saturated heterocycles. The second-order valence-corrected chi connectivity index (χ2v) is 5.87. The maximum atomic E-state index is 11.7. The Kier molecular flexibility index (Phi) is 9.16. The molecule has 0 radical (unpaired) electrons. The van der Waals surface area contributed by atoms with Gasteiger partial charge < -0.3 is 16.0 Å². The van der Waals surface area contributed by atoms with Gasteiger partial charge in [-0.2, -0.15) is 0 Å². The zero-order chi connectivity index (χ0) is 14.3. The molecule has 1 fully saturated rings. The van der Waals surface area contributed by atoms with Crippen molar-refractivity contribution in [2.24, 2.45) is 10.4 Å². The predicted molar refractivity (Wildman–Crippen MR) is 94.6 cm³/mol. The summed E-state index contributed by atoms with van der Waals surface area (Å²) in [6.07, 6.45) is 6.34. The number of aliphatic imine (C=N–C) groups is 1. The fraction of sp³-hybridized carbons (Fsp3) is 0.857. The summed E-state index contributed by atoms with van der Waals surface area (Å²) in [5, 5.41) is 9.38. The van der Waals surface area contributed by atoms with Crippen LogP contribution in [0.1, 0.15) is 46.0 Å². The van der Waals surface area contributed by atoms with E-state index in [-0.39, 0.29) is 29.9 Å². The molecule has 6 heteroatoms. The molecule has 5 nitrogen and oxygen atoms in total. The lowest BCUT2D eigenvalue weighted by atomic mass is 9.92. The van der Waals surface area contributed by atoms with Gasteiger partial charge in [0.25, 0.3) is 0 Å². The first kappa shape index (κ1) is 19.5. The Morgan fingerprint density at radius 2 is 1.85 bits per heavy atom. The van der Waals surface area contributed by atoms with Crippen molar-refractivity contribution in [2.75, 3.05) is 20.6 Å². The second-order valence-electron chi connectivity index (χ2n) is 5.87. The normalized spacial score (nSPS) is 17.1. The summed E-state index contributed by atoms with van der Waals surface area (Å²) in [6, 6.07) is 0.517. The number of nitrogens with one attached hydrogen (secondary N) is 3. The third kappa shape index (κ3) is 6.28. The van der Waals surface area contributed by atoms with Gasteiger partial charge in [0.2, 0.25) is 5.91 Å². The van der Waals surface area contributed by atoms with Crippen molar-refractivity contribution in [2.45, 2.75) is 52.0 Å². The van der Waals surface area contributed by atoms with Crippen LogP contribution in [0.25, 0.3) is 0 Å². The summed E-state index contributed by atoms with van der Waals surface area (Å²) in [6.45, 7) is 4.42. The molecule has 0 bridgehead atoms. The van der Waals surface area contributed by atoms with Crippen molar-refractivity contribution in [1.82, 2.24) is 16.0 Å². The molecule has 1 saturated carbocycles. The van der Waals surface area contributed by atoms with Gasteiger partial charge in [0, 0.05) is 26.7 Å². The van der Waals surface area contributed by atoms with Gasteiger partial charge in [0.05, 0.1) is 5.41 Å². The number of amides is 1. The van der Waals surface area contributed by atoms with Gasteiger partial charge in [0.15, 0.2) is 5.96 Å². The van der Waals surface area contributed by atoms with E-state index < -0.39 is 5.41 Å². The van der Waals surface area contributed by atoms with Crippen LogP contribution in [0.4, 0.5) is 0 Å². The number of guanidine groups is 1. The van der Waals surface area contributed by atoms with E-state index in [0.29, 0.717) is 12.6 Å². The Morgan fingerprint density at radius 1 is 1.25 bits per heavy atom. The third-order valence-corrected chi connectivity index (χ3v) is 3.71. The highest BCUT2D eigenvalue weighted by Crippen LogP contribution is 2.17. The van der Waals surface area contributed by atoms with Crippen LogP contribution in [-0.4, -0.2) is 38.5 Å². The predicted octanol–water partition coefficient (Wildman–Crippen LogP) is 1.87. The van der Waals surface area contributed by atoms with Crippen molar-refractivity contribution in [3.05, 3.63) is 0 Å². The summed E-state index contributed by atoms with van der Waals surface area (Å²) in [7, 11) is 3.43. The zero-order valence-electron chi connectivity index (χ0n) is 13.1. The van der Waals surface area contributed by atoms with Gasteiger partial charge in [-0.1, -0.05) is 19.3 Å². The number of nitrogens with zero attached hydrogens (tertiary/aromatic N) is 1. The molecule has 1 aliphatic rings. The summed E-state index contributed by atoms with van der Waals surface area (Å²) in [5.41, 5.74) is -0.446. The number of carbonyl (C=O) groups excluding carboxylic acids is 1. The Hall–Kier alpha value is -0.530. The van der Waals surface area contributed by atoms with Gasteiger partial charge in [-0.15, -0.1) is 24.0 Å². The molecule has 1 rings (SSSR count). The quantitative estimate of drug-likeness (QED) is 0.386. The highest BCUT2D eigenvalue weighted by atomic mass is 127. The molecule has 3 N–H and O–H groups in total. The molecule has 1 aliphatic carbocycles. The van der Waals surface area contributed by atoms with E-state index in [1.807, 2.05) is 13.8 Å². The van der Waals surface area contributed by atoms with Gasteiger partial charge in [0.1, 0.15) is 0 Å². The summed E-state index contributed by atoms with van der Waals surface area (Å²) in [4.78, 5) is 15.9. The Labute approximate surface area is 139 Å². The first-order chi connectivity index (χ1) is 8.99. The van der Waals surface area contributed by atoms with Crippen LogP contribution in [0.5, 0.6) is 0 Å². The molecule has 0 unspecified atom stereocenters. The maximum absolute atomic E-state index is 11.7. The number of hydrogen-bond acceptors (Lipinski definition) is 2. The van der Waals surface area contributed by atoms with Crippen LogP contribution in [0.15, 0.2) is 4.99 Å². The van der Waals surface area contributed by atoms with Crippen LogP contribution in [-0.2, 0) is 4.79 Å². The highest BCUT2D eigenvalue weighted by Gasteiger charge is 2.27. The monoisotopic (exact) mass is 396 g/mol. The van der Waals surface area contributed by atoms with E-state index in [4.69, 9.17) is 0 Å². The lowest BCUT2D eigenvalue weighted by Crippen LogP contribution is -2.49. The summed E-state index contributed by atoms with van der Waals surface area (Å²) >= 11 is 0. The van der Waals surface area contributed by atoms with E-state index in [2.05, 4.69) is 20.9 Å². The average Bonchev–Trinajstić information content (AvgIpc) is 2.43. The molecule has 0 heterocycles. The van der Waals surface area contributed by atoms with Crippen molar-refractivity contribution in [3.8, 4) is 0 Å². The topological polar surface area (TPSA) is 65.5 Å². The van der Waals surface area contributed by atoms with Gasteiger partial charge in [-0.25, -0.2) is 0 Å². The Morgan fingerprint density at radius 3 is 2.35 bits per heavy atom. The van der Waals surface area contributed by atoms with Gasteiger partial charge in [-0.3, -0.25) is 9.79 Å². The SMILES string of the molecule is CN=C(NCC(C)(C)C(=O)NC)NC1CCCCC1.I. The average molecular weight is 396 g/mol. The molecule has 0 aliphatic heterocycles. The second kappa shape index (κ2) is 9.41. The Bertz CT molecular complexity index is 325. The molecule has 20 heavy (non-hydrogen) atoms. The van der Waals surface area contributed by atoms with Gasteiger partial charge >= 0.3 is 0 Å². The molecule has 0 aromatic rings. The number of rotatable bonds is 4. The van der Waals surface area contributed by atoms with E-state index in [1.165, 1.54) is 32.1 Å². The summed E-state index contributed by atoms with van der Waals surface area (Å²) < 4.78 is 0. The van der Waals surface area contributed by atoms with Crippen molar-refractivity contribution >= 4 is 35.8 Å². The number of hydrogen-bond donors (Lipinski definition) is 3. The fourth-order valence-electron chi connectivity index (χ4n) is 2.36. The van der Waals surface area contributed by atoms with Crippen molar-refractivity contribution in [1.29, 1.82) is 0 Å². The van der Waals surface area contributed by atoms with E-state index in [9.17, 15) is 4.79 Å². The molecule has 118 valence electrons. The van der Waals surface area contributed by atoms with Crippen LogP contribution in [0.3, 0.4) is 0 Å². The number of halogens is 1. The molecule has 0 atom stereocenters. The summed E-state index contributed by atoms with van der Waals surface area (Å²) in [5.74, 6) is 0.831. The molecular formula is C14H29IN4O. The smallest absolute Gasteiger partial charge is 0.227 e. The lowest BCUT2D eigenvalue weighted by Gasteiger charge is -2.27. The van der Waals surface area contributed by atoms with E-state index in [1.54, 1.807) is 14.1 Å². The molecule has 1 amide bonds. The van der Waals surface area contributed by atoms with Crippen molar-refractivity contribution < 1.29 is 4.79 Å². The van der Waals surface area contributed by atoms with Crippen LogP contribution in [0.2, 0.25) is 0 Å². The van der Waals surface area contributed by atoms with Crippen LogP contribution < -0.4 is 16.0 Å². The lowest BCUT2D eigenvalue weighted by molar-refractivity contribution is -0.128. The van der Waals surface area contributed by atoms with E-state index >= 15 is 0 Å². The minimum atomic E-state index is -0.446. The largest absolute Gasteiger partial charge is 0.359 e. The van der Waals surface area contributed by atoms with Crippen LogP contribution >= 0.6 is 24.0 Å². The standard InChI is InChI=1S/C14H28N4O.HI/c1-14(2,12(19)15-3)10-17-13(16-4)18-11-8-6-5-7-9-11;/h11H,5-10H2,1-4H3,(H,15,19)(H2,16,17,18);1H. The van der Waals surface area contributed by atoms with Crippen LogP contribution in [0, 0.1) is 5.41 Å². The maximum Gasteiger partial charge on any atom is 0.227 e. The minimum absolute atomic E-state index is 0. The molecule has 0 aromatic heterocycles. The minimum Gasteiger partial charge on any atom is -0.359 e. The first-order valence-corrected chi connectivity index (χ1v) is 7.19. The highest BCUT2D eigenvalue weighted by molar-refractivity contribution is 14.0. The Balaban J connectivity index is 0.00000361. The molecule has 0 spiro atoms. The van der Waals surface area contributed by atoms with E-state index in [0.717, 1.165) is 5.96 Å².